The smallest absolute Gasteiger partial charge is 0.310 e. The fourth-order valence-electron chi connectivity index (χ4n) is 2.08. The number of hydrogen-bond donors (Lipinski definition) is 2. The molecule has 0 heterocycles. The summed E-state index contributed by atoms with van der Waals surface area (Å²) in [5.74, 6) is -0.572. The maximum absolute atomic E-state index is 11.0. The largest absolute Gasteiger partial charge is 0.487 e. The van der Waals surface area contributed by atoms with Crippen molar-refractivity contribution in [3.05, 3.63) is 42.0 Å². The Kier molecular flexibility index (Phi) is 6.58. The van der Waals surface area contributed by atoms with E-state index in [1.807, 2.05) is 64.1 Å². The van der Waals surface area contributed by atoms with Gasteiger partial charge in [0.05, 0.1) is 5.92 Å². The number of nitrogens with two attached hydrogens (primary N) is 1. The molecule has 0 aliphatic carbocycles. The van der Waals surface area contributed by atoms with Crippen LogP contribution in [0.4, 0.5) is 0 Å². The van der Waals surface area contributed by atoms with Crippen LogP contribution in [0.5, 0.6) is 5.75 Å². The van der Waals surface area contributed by atoms with Gasteiger partial charge in [0.1, 0.15) is 11.4 Å². The Morgan fingerprint density at radius 1 is 1.17 bits per heavy atom. The van der Waals surface area contributed by atoms with Gasteiger partial charge in [0.25, 0.3) is 0 Å². The highest BCUT2D eigenvalue weighted by atomic mass is 16.5. The Morgan fingerprint density at radius 2 is 1.74 bits per heavy atom. The summed E-state index contributed by atoms with van der Waals surface area (Å²) >= 11 is 0. The van der Waals surface area contributed by atoms with Crippen LogP contribution >= 0.6 is 0 Å². The number of carbonyl (C=O) groups is 1. The average molecular weight is 317 g/mol. The summed E-state index contributed by atoms with van der Waals surface area (Å²) < 4.78 is 5.86. The Labute approximate surface area is 138 Å². The molecule has 1 unspecified atom stereocenters. The Morgan fingerprint density at radius 3 is 2.30 bits per heavy atom. The molecule has 2 aromatic carbocycles. The number of fused-ring (bicyclic) bond motifs is 1. The number of aliphatic carboxylic acids is 1. The summed E-state index contributed by atoms with van der Waals surface area (Å²) in [7, 11) is 0. The summed E-state index contributed by atoms with van der Waals surface area (Å²) in [5.41, 5.74) is 6.05. The quantitative estimate of drug-likeness (QED) is 0.868. The number of benzene rings is 2. The van der Waals surface area contributed by atoms with Gasteiger partial charge in [-0.25, -0.2) is 0 Å². The molecule has 0 fully saturated rings. The van der Waals surface area contributed by atoms with Gasteiger partial charge in [0.2, 0.25) is 0 Å². The van der Waals surface area contributed by atoms with Crippen molar-refractivity contribution in [2.75, 3.05) is 6.54 Å². The maximum Gasteiger partial charge on any atom is 0.310 e. The van der Waals surface area contributed by atoms with Crippen molar-refractivity contribution < 1.29 is 14.6 Å². The topological polar surface area (TPSA) is 72.5 Å². The molecule has 0 spiro atoms. The molecule has 1 atom stereocenters. The lowest BCUT2D eigenvalue weighted by molar-refractivity contribution is -0.138. The first kappa shape index (κ1) is 19.0. The second-order valence-electron chi connectivity index (χ2n) is 5.89. The number of carboxylic acid groups (broad SMARTS) is 1. The first-order valence-corrected chi connectivity index (χ1v) is 7.98. The van der Waals surface area contributed by atoms with E-state index in [9.17, 15) is 4.79 Å². The number of rotatable bonds is 5. The van der Waals surface area contributed by atoms with E-state index >= 15 is 0 Å². The lowest BCUT2D eigenvalue weighted by Crippen LogP contribution is -2.37. The third-order valence-electron chi connectivity index (χ3n) is 3.59. The predicted molar refractivity (Wildman–Crippen MR) is 95.1 cm³/mol. The van der Waals surface area contributed by atoms with E-state index < -0.39 is 17.5 Å². The lowest BCUT2D eigenvalue weighted by Gasteiger charge is -2.24. The highest BCUT2D eigenvalue weighted by molar-refractivity contribution is 5.86. The molecule has 3 N–H and O–H groups in total. The third kappa shape index (κ3) is 4.96. The Balaban J connectivity index is 0.00000127. The minimum absolute atomic E-state index is 0.411. The molecule has 0 amide bonds. The van der Waals surface area contributed by atoms with Crippen molar-refractivity contribution in [1.29, 1.82) is 0 Å². The van der Waals surface area contributed by atoms with Crippen LogP contribution in [-0.4, -0.2) is 23.2 Å². The van der Waals surface area contributed by atoms with Crippen LogP contribution in [0.3, 0.4) is 0 Å². The first-order chi connectivity index (χ1) is 10.8. The molecular formula is C19H27NO3. The molecule has 0 saturated heterocycles. The van der Waals surface area contributed by atoms with E-state index in [0.717, 1.165) is 22.1 Å². The number of ether oxygens (including phenoxy) is 1. The standard InChI is InChI=1S/C17H21NO3.C2H6/c1-11(16(19)20)12-4-5-14-9-15(7-6-13(14)8-12)21-17(2,3)10-18;1-2/h4-9,11H,10,18H2,1-3H3,(H,19,20);1-2H3. The van der Waals surface area contributed by atoms with Crippen LogP contribution in [0.1, 0.15) is 46.1 Å². The second-order valence-corrected chi connectivity index (χ2v) is 5.89. The molecule has 0 saturated carbocycles. The van der Waals surface area contributed by atoms with E-state index in [1.165, 1.54) is 0 Å². The molecular weight excluding hydrogens is 290 g/mol. The van der Waals surface area contributed by atoms with E-state index in [0.29, 0.717) is 6.54 Å². The number of hydrogen-bond acceptors (Lipinski definition) is 3. The summed E-state index contributed by atoms with van der Waals surface area (Å²) in [6.07, 6.45) is 0. The fraction of sp³-hybridized carbons (Fsp3) is 0.421. The fourth-order valence-corrected chi connectivity index (χ4v) is 2.08. The highest BCUT2D eigenvalue weighted by Gasteiger charge is 2.18. The third-order valence-corrected chi connectivity index (χ3v) is 3.59. The van der Waals surface area contributed by atoms with Crippen molar-refractivity contribution in [2.24, 2.45) is 5.73 Å². The second kappa shape index (κ2) is 7.97. The molecule has 2 aromatic rings. The SMILES string of the molecule is CC.CC(C(=O)O)c1ccc2cc(OC(C)(C)CN)ccc2c1. The van der Waals surface area contributed by atoms with Gasteiger partial charge in [-0.2, -0.15) is 0 Å². The van der Waals surface area contributed by atoms with Crippen molar-refractivity contribution in [3.63, 3.8) is 0 Å². The van der Waals surface area contributed by atoms with E-state index in [2.05, 4.69) is 0 Å². The zero-order valence-corrected chi connectivity index (χ0v) is 14.6. The van der Waals surface area contributed by atoms with E-state index in [4.69, 9.17) is 15.6 Å². The van der Waals surface area contributed by atoms with Crippen molar-refractivity contribution >= 4 is 16.7 Å². The van der Waals surface area contributed by atoms with Crippen LogP contribution in [0, 0.1) is 0 Å². The van der Waals surface area contributed by atoms with Gasteiger partial charge in [-0.1, -0.05) is 38.1 Å². The van der Waals surface area contributed by atoms with Crippen LogP contribution in [0.15, 0.2) is 36.4 Å². The van der Waals surface area contributed by atoms with Gasteiger partial charge in [0.15, 0.2) is 0 Å². The summed E-state index contributed by atoms with van der Waals surface area (Å²) in [4.78, 5) is 11.0. The monoisotopic (exact) mass is 317 g/mol. The molecule has 4 nitrogen and oxygen atoms in total. The molecule has 4 heteroatoms. The van der Waals surface area contributed by atoms with Crippen molar-refractivity contribution in [1.82, 2.24) is 0 Å². The summed E-state index contributed by atoms with van der Waals surface area (Å²) in [5, 5.41) is 11.1. The minimum atomic E-state index is -0.820. The van der Waals surface area contributed by atoms with E-state index in [1.54, 1.807) is 6.92 Å². The van der Waals surface area contributed by atoms with Gasteiger partial charge in [-0.05, 0) is 49.2 Å². The zero-order valence-electron chi connectivity index (χ0n) is 14.6. The molecule has 0 aromatic heterocycles. The molecule has 2 rings (SSSR count). The van der Waals surface area contributed by atoms with Crippen LogP contribution in [0.2, 0.25) is 0 Å². The lowest BCUT2D eigenvalue weighted by atomic mass is 9.98. The zero-order chi connectivity index (χ0) is 17.6. The predicted octanol–water partition coefficient (Wildman–Crippen LogP) is 4.17. The minimum Gasteiger partial charge on any atom is -0.487 e. The first-order valence-electron chi connectivity index (χ1n) is 7.98. The molecule has 126 valence electrons. The Bertz CT molecular complexity index is 665. The van der Waals surface area contributed by atoms with Crippen molar-refractivity contribution in [2.45, 2.75) is 46.1 Å². The van der Waals surface area contributed by atoms with Crippen LogP contribution in [-0.2, 0) is 4.79 Å². The van der Waals surface area contributed by atoms with Gasteiger partial charge in [-0.3, -0.25) is 4.79 Å². The normalized spacial score (nSPS) is 12.3. The molecule has 0 aliphatic heterocycles. The van der Waals surface area contributed by atoms with Gasteiger partial charge < -0.3 is 15.6 Å². The van der Waals surface area contributed by atoms with Crippen LogP contribution < -0.4 is 10.5 Å². The molecule has 0 aliphatic rings. The van der Waals surface area contributed by atoms with Gasteiger partial charge in [-0.15, -0.1) is 0 Å². The molecule has 0 bridgehead atoms. The van der Waals surface area contributed by atoms with E-state index in [-0.39, 0.29) is 0 Å². The van der Waals surface area contributed by atoms with Crippen molar-refractivity contribution in [3.8, 4) is 5.75 Å². The average Bonchev–Trinajstić information content (AvgIpc) is 2.55. The van der Waals surface area contributed by atoms with Gasteiger partial charge >= 0.3 is 5.97 Å². The molecule has 0 radical (unpaired) electrons. The Hall–Kier alpha value is -2.07. The molecule has 23 heavy (non-hydrogen) atoms. The van der Waals surface area contributed by atoms with Crippen LogP contribution in [0.25, 0.3) is 10.8 Å². The summed E-state index contributed by atoms with van der Waals surface area (Å²) in [6, 6.07) is 11.4. The maximum atomic E-state index is 11.0. The highest BCUT2D eigenvalue weighted by Crippen LogP contribution is 2.27. The number of carboxylic acids is 1. The summed E-state index contributed by atoms with van der Waals surface area (Å²) in [6.45, 7) is 9.99. The van der Waals surface area contributed by atoms with Gasteiger partial charge in [0, 0.05) is 6.54 Å².